The van der Waals surface area contributed by atoms with E-state index in [0.29, 0.717) is 17.7 Å². The third-order valence-corrected chi connectivity index (χ3v) is 6.46. The molecule has 1 N–H and O–H groups in total. The first-order chi connectivity index (χ1) is 9.08. The summed E-state index contributed by atoms with van der Waals surface area (Å²) in [5, 5.41) is 4.18. The Morgan fingerprint density at radius 3 is 2.74 bits per heavy atom. The van der Waals surface area contributed by atoms with E-state index in [2.05, 4.69) is 31.1 Å². The molecule has 2 rings (SSSR count). The van der Waals surface area contributed by atoms with Gasteiger partial charge < -0.3 is 10.1 Å². The third-order valence-electron chi connectivity index (χ3n) is 4.73. The van der Waals surface area contributed by atoms with E-state index in [-0.39, 0.29) is 11.4 Å². The molecular weight excluding hydrogens is 258 g/mol. The number of carbonyl (C=O) groups is 1. The second kappa shape index (κ2) is 6.49. The number of hydrogen-bond donors (Lipinski definition) is 1. The molecule has 0 aliphatic heterocycles. The number of ether oxygens (including phenoxy) is 1. The lowest BCUT2D eigenvalue weighted by Crippen LogP contribution is -2.40. The van der Waals surface area contributed by atoms with E-state index in [1.807, 2.05) is 0 Å². The van der Waals surface area contributed by atoms with Gasteiger partial charge in [-0.15, -0.1) is 0 Å². The molecule has 110 valence electrons. The Balaban J connectivity index is 1.81. The molecule has 3 atom stereocenters. The molecule has 0 heterocycles. The highest BCUT2D eigenvalue weighted by molar-refractivity contribution is 8.00. The largest absolute Gasteiger partial charge is 0.469 e. The fraction of sp³-hybridized carbons (Fsp3) is 0.933. The second-order valence-corrected chi connectivity index (χ2v) is 7.64. The maximum Gasteiger partial charge on any atom is 0.306 e. The van der Waals surface area contributed by atoms with Gasteiger partial charge in [-0.05, 0) is 56.2 Å². The van der Waals surface area contributed by atoms with Gasteiger partial charge in [-0.2, -0.15) is 11.8 Å². The van der Waals surface area contributed by atoms with E-state index in [4.69, 9.17) is 4.74 Å². The standard InChI is InChI=1S/C15H27NO2S/c1-11-4-5-12(16-2)13(8-11)19-10-15(6-7-15)9-14(17)18-3/h11-13,16H,4-10H2,1-3H3. The summed E-state index contributed by atoms with van der Waals surface area (Å²) in [6.45, 7) is 2.36. The molecule has 2 saturated carbocycles. The summed E-state index contributed by atoms with van der Waals surface area (Å²) < 4.78 is 4.82. The molecule has 3 unspecified atom stereocenters. The van der Waals surface area contributed by atoms with Crippen molar-refractivity contribution < 1.29 is 9.53 Å². The number of carbonyl (C=O) groups excluding carboxylic acids is 1. The fourth-order valence-electron chi connectivity index (χ4n) is 3.05. The quantitative estimate of drug-likeness (QED) is 0.762. The van der Waals surface area contributed by atoms with Crippen molar-refractivity contribution in [3.8, 4) is 0 Å². The molecule has 4 heteroatoms. The Bertz CT molecular complexity index is 317. The Morgan fingerprint density at radius 2 is 2.16 bits per heavy atom. The topological polar surface area (TPSA) is 38.3 Å². The summed E-state index contributed by atoms with van der Waals surface area (Å²) in [5.41, 5.74) is 0.261. The van der Waals surface area contributed by atoms with Crippen molar-refractivity contribution in [1.82, 2.24) is 5.32 Å². The Morgan fingerprint density at radius 1 is 1.42 bits per heavy atom. The van der Waals surface area contributed by atoms with Crippen LogP contribution >= 0.6 is 11.8 Å². The Kier molecular flexibility index (Phi) is 5.18. The minimum Gasteiger partial charge on any atom is -0.469 e. The molecule has 0 aromatic heterocycles. The second-order valence-electron chi connectivity index (χ2n) is 6.42. The zero-order valence-electron chi connectivity index (χ0n) is 12.4. The molecule has 0 radical (unpaired) electrons. The van der Waals surface area contributed by atoms with Crippen molar-refractivity contribution in [3.05, 3.63) is 0 Å². The summed E-state index contributed by atoms with van der Waals surface area (Å²) in [7, 11) is 3.57. The van der Waals surface area contributed by atoms with Crippen molar-refractivity contribution in [2.75, 3.05) is 19.9 Å². The molecule has 0 spiro atoms. The van der Waals surface area contributed by atoms with Crippen LogP contribution in [0.15, 0.2) is 0 Å². The number of thioether (sulfide) groups is 1. The SMILES string of the molecule is CNC1CCC(C)CC1SCC1(CC(=O)OC)CC1. The van der Waals surface area contributed by atoms with Crippen LogP contribution in [0, 0.1) is 11.3 Å². The molecule has 2 fully saturated rings. The van der Waals surface area contributed by atoms with Crippen molar-refractivity contribution in [1.29, 1.82) is 0 Å². The Labute approximate surface area is 121 Å². The predicted octanol–water partition coefficient (Wildman–Crippen LogP) is 2.84. The highest BCUT2D eigenvalue weighted by atomic mass is 32.2. The first-order valence-electron chi connectivity index (χ1n) is 7.44. The highest BCUT2D eigenvalue weighted by Gasteiger charge is 2.45. The van der Waals surface area contributed by atoms with E-state index in [0.717, 1.165) is 11.7 Å². The van der Waals surface area contributed by atoms with E-state index in [9.17, 15) is 4.79 Å². The van der Waals surface area contributed by atoms with Crippen LogP contribution in [0.3, 0.4) is 0 Å². The summed E-state index contributed by atoms with van der Waals surface area (Å²) in [6, 6.07) is 0.648. The summed E-state index contributed by atoms with van der Waals surface area (Å²) in [5.74, 6) is 1.93. The van der Waals surface area contributed by atoms with E-state index < -0.39 is 0 Å². The number of methoxy groups -OCH3 is 1. The molecule has 0 amide bonds. The van der Waals surface area contributed by atoms with Crippen molar-refractivity contribution >= 4 is 17.7 Å². The molecule has 2 aliphatic rings. The van der Waals surface area contributed by atoms with Gasteiger partial charge in [-0.3, -0.25) is 4.79 Å². The van der Waals surface area contributed by atoms with Crippen LogP contribution in [-0.4, -0.2) is 37.2 Å². The summed E-state index contributed by atoms with van der Waals surface area (Å²) in [6.07, 6.45) is 6.95. The van der Waals surface area contributed by atoms with Crippen LogP contribution in [0.2, 0.25) is 0 Å². The van der Waals surface area contributed by atoms with Gasteiger partial charge >= 0.3 is 5.97 Å². The van der Waals surface area contributed by atoms with Gasteiger partial charge in [-0.25, -0.2) is 0 Å². The maximum absolute atomic E-state index is 11.4. The van der Waals surface area contributed by atoms with Crippen LogP contribution in [-0.2, 0) is 9.53 Å². The monoisotopic (exact) mass is 285 g/mol. The van der Waals surface area contributed by atoms with Gasteiger partial charge in [0.15, 0.2) is 0 Å². The lowest BCUT2D eigenvalue weighted by Gasteiger charge is -2.35. The molecule has 0 bridgehead atoms. The zero-order valence-corrected chi connectivity index (χ0v) is 13.2. The predicted molar refractivity (Wildman–Crippen MR) is 80.4 cm³/mol. The van der Waals surface area contributed by atoms with Gasteiger partial charge in [-0.1, -0.05) is 6.92 Å². The minimum absolute atomic E-state index is 0.0414. The molecule has 19 heavy (non-hydrogen) atoms. The molecule has 0 aromatic rings. The maximum atomic E-state index is 11.4. The number of hydrogen-bond acceptors (Lipinski definition) is 4. The number of esters is 1. The third kappa shape index (κ3) is 4.12. The van der Waals surface area contributed by atoms with Crippen molar-refractivity contribution in [2.45, 2.75) is 56.7 Å². The van der Waals surface area contributed by atoms with Crippen LogP contribution in [0.5, 0.6) is 0 Å². The van der Waals surface area contributed by atoms with Crippen molar-refractivity contribution in [3.63, 3.8) is 0 Å². The average molecular weight is 285 g/mol. The van der Waals surface area contributed by atoms with Crippen LogP contribution in [0.1, 0.15) is 45.4 Å². The summed E-state index contributed by atoms with van der Waals surface area (Å²) in [4.78, 5) is 11.4. The summed E-state index contributed by atoms with van der Waals surface area (Å²) >= 11 is 2.09. The Hall–Kier alpha value is -0.220. The smallest absolute Gasteiger partial charge is 0.306 e. The molecule has 0 aromatic carbocycles. The first kappa shape index (κ1) is 15.2. The van der Waals surface area contributed by atoms with Gasteiger partial charge in [0.25, 0.3) is 0 Å². The molecule has 2 aliphatic carbocycles. The van der Waals surface area contributed by atoms with Gasteiger partial charge in [0.05, 0.1) is 13.5 Å². The normalized spacial score (nSPS) is 32.9. The van der Waals surface area contributed by atoms with Gasteiger partial charge in [0.1, 0.15) is 0 Å². The van der Waals surface area contributed by atoms with Crippen LogP contribution in [0.25, 0.3) is 0 Å². The zero-order chi connectivity index (χ0) is 13.9. The number of rotatable bonds is 6. The molecule has 0 saturated heterocycles. The van der Waals surface area contributed by atoms with Crippen LogP contribution in [0.4, 0.5) is 0 Å². The number of nitrogens with one attached hydrogen (secondary N) is 1. The van der Waals surface area contributed by atoms with E-state index in [1.165, 1.54) is 39.2 Å². The lowest BCUT2D eigenvalue weighted by atomic mass is 9.87. The highest BCUT2D eigenvalue weighted by Crippen LogP contribution is 2.52. The van der Waals surface area contributed by atoms with Gasteiger partial charge in [0.2, 0.25) is 0 Å². The van der Waals surface area contributed by atoms with E-state index >= 15 is 0 Å². The molecular formula is C15H27NO2S. The molecule has 3 nitrogen and oxygen atoms in total. The fourth-order valence-corrected chi connectivity index (χ4v) is 4.98. The van der Waals surface area contributed by atoms with E-state index in [1.54, 1.807) is 0 Å². The van der Waals surface area contributed by atoms with Crippen molar-refractivity contribution in [2.24, 2.45) is 11.3 Å². The first-order valence-corrected chi connectivity index (χ1v) is 8.49. The van der Waals surface area contributed by atoms with Gasteiger partial charge in [0, 0.05) is 11.3 Å². The average Bonchev–Trinajstić information content (AvgIpc) is 3.16. The minimum atomic E-state index is -0.0414. The van der Waals surface area contributed by atoms with Crippen LogP contribution < -0.4 is 5.32 Å². The lowest BCUT2D eigenvalue weighted by molar-refractivity contribution is -0.141.